The fourth-order valence-electron chi connectivity index (χ4n) is 5.79. The average molecular weight is 517 g/mol. The minimum Gasteiger partial charge on any atom is -0.508 e. The topological polar surface area (TPSA) is 145 Å². The molecule has 0 spiro atoms. The van der Waals surface area contributed by atoms with Gasteiger partial charge in [0.05, 0.1) is 12.0 Å². The summed E-state index contributed by atoms with van der Waals surface area (Å²) >= 11 is 0. The maximum atomic E-state index is 13.0. The third-order valence-electron chi connectivity index (χ3n) is 7.50. The van der Waals surface area contributed by atoms with E-state index in [-0.39, 0.29) is 58.0 Å². The van der Waals surface area contributed by atoms with Crippen LogP contribution in [0.1, 0.15) is 71.7 Å². The third-order valence-corrected chi connectivity index (χ3v) is 7.50. The first-order chi connectivity index (χ1) is 18.0. The van der Waals surface area contributed by atoms with Crippen LogP contribution < -0.4 is 4.74 Å². The molecule has 2 aliphatic rings. The molecule has 0 saturated heterocycles. The molecule has 3 aromatic rings. The van der Waals surface area contributed by atoms with E-state index < -0.39 is 23.9 Å². The number of hydrogen-bond acceptors (Lipinski definition) is 8. The second-order valence-electron chi connectivity index (χ2n) is 10.1. The Bertz CT molecular complexity index is 1490. The molecule has 196 valence electrons. The van der Waals surface area contributed by atoms with Gasteiger partial charge in [0, 0.05) is 47.1 Å². The molecule has 8 heteroatoms. The van der Waals surface area contributed by atoms with Crippen LogP contribution in [0.5, 0.6) is 34.5 Å². The molecular weight excluding hydrogens is 488 g/mol. The maximum Gasteiger partial charge on any atom is 0.170 e. The first-order valence-electron chi connectivity index (χ1n) is 12.3. The van der Waals surface area contributed by atoms with Crippen LogP contribution in [-0.4, -0.2) is 37.1 Å². The summed E-state index contributed by atoms with van der Waals surface area (Å²) in [6.07, 6.45) is 1.45. The number of ketones is 2. The van der Waals surface area contributed by atoms with Crippen molar-refractivity contribution in [2.75, 3.05) is 0 Å². The first-order valence-corrected chi connectivity index (χ1v) is 12.3. The minimum absolute atomic E-state index is 0.0603. The molecule has 38 heavy (non-hydrogen) atoms. The van der Waals surface area contributed by atoms with Crippen LogP contribution in [-0.2, 0) is 4.79 Å². The Morgan fingerprint density at radius 1 is 0.816 bits per heavy atom. The number of ether oxygens (including phenoxy) is 1. The van der Waals surface area contributed by atoms with Gasteiger partial charge in [0.15, 0.2) is 5.78 Å². The van der Waals surface area contributed by atoms with Crippen molar-refractivity contribution in [1.29, 1.82) is 0 Å². The fraction of sp³-hybridized carbons (Fsp3) is 0.267. The standard InChI is InChI=1S/C30H28O8/c1-14-7-21(18-5-3-16(32)9-24(18)34)30(15(2)31)22(8-14)20-11-23(26(36)12-25(20)35)29-13-27(37)19-6-4-17(33)10-28(19)38-29/h3-6,8-12,21-22,29-30,32-36H,7,13H2,1-2H3. The van der Waals surface area contributed by atoms with E-state index in [1.807, 2.05) is 13.0 Å². The lowest BCUT2D eigenvalue weighted by Gasteiger charge is -2.37. The lowest BCUT2D eigenvalue weighted by molar-refractivity contribution is -0.122. The Hall–Kier alpha value is -4.46. The van der Waals surface area contributed by atoms with Crippen molar-refractivity contribution in [2.24, 2.45) is 5.92 Å². The van der Waals surface area contributed by atoms with Gasteiger partial charge in [-0.1, -0.05) is 17.7 Å². The second kappa shape index (κ2) is 9.45. The van der Waals surface area contributed by atoms with Crippen molar-refractivity contribution in [3.05, 3.63) is 82.4 Å². The van der Waals surface area contributed by atoms with E-state index in [0.717, 1.165) is 5.57 Å². The van der Waals surface area contributed by atoms with Crippen molar-refractivity contribution in [3.63, 3.8) is 0 Å². The van der Waals surface area contributed by atoms with E-state index in [4.69, 9.17) is 4.74 Å². The number of Topliss-reactive ketones (excluding diaryl/α,β-unsaturated/α-hetero) is 2. The van der Waals surface area contributed by atoms with Gasteiger partial charge in [0.1, 0.15) is 46.4 Å². The molecule has 1 aliphatic carbocycles. The van der Waals surface area contributed by atoms with Gasteiger partial charge in [-0.2, -0.15) is 0 Å². The molecule has 5 N–H and O–H groups in total. The van der Waals surface area contributed by atoms with Crippen LogP contribution in [0.15, 0.2) is 60.2 Å². The minimum atomic E-state index is -0.877. The van der Waals surface area contributed by atoms with Crippen LogP contribution in [0.3, 0.4) is 0 Å². The summed E-state index contributed by atoms with van der Waals surface area (Å²) in [6.45, 7) is 3.36. The summed E-state index contributed by atoms with van der Waals surface area (Å²) in [5.74, 6) is -2.65. The largest absolute Gasteiger partial charge is 0.508 e. The van der Waals surface area contributed by atoms with Gasteiger partial charge in [-0.3, -0.25) is 9.59 Å². The van der Waals surface area contributed by atoms with Crippen LogP contribution in [0.4, 0.5) is 0 Å². The number of hydrogen-bond donors (Lipinski definition) is 5. The maximum absolute atomic E-state index is 13.0. The van der Waals surface area contributed by atoms with Crippen LogP contribution in [0.2, 0.25) is 0 Å². The number of fused-ring (bicyclic) bond motifs is 1. The molecular formula is C30H28O8. The highest BCUT2D eigenvalue weighted by atomic mass is 16.5. The molecule has 3 aromatic carbocycles. The van der Waals surface area contributed by atoms with E-state index >= 15 is 0 Å². The Kier molecular flexibility index (Phi) is 6.26. The van der Waals surface area contributed by atoms with Gasteiger partial charge < -0.3 is 30.3 Å². The number of phenolic OH excluding ortho intramolecular Hbond substituents is 5. The lowest BCUT2D eigenvalue weighted by Crippen LogP contribution is -2.30. The number of allylic oxidation sites excluding steroid dienone is 2. The van der Waals surface area contributed by atoms with Gasteiger partial charge in [-0.25, -0.2) is 0 Å². The van der Waals surface area contributed by atoms with E-state index in [9.17, 15) is 35.1 Å². The molecule has 0 aromatic heterocycles. The fourth-order valence-corrected chi connectivity index (χ4v) is 5.79. The van der Waals surface area contributed by atoms with Crippen molar-refractivity contribution in [2.45, 2.75) is 44.6 Å². The number of aromatic hydroxyl groups is 5. The summed E-state index contributed by atoms with van der Waals surface area (Å²) in [7, 11) is 0. The Balaban J connectivity index is 1.59. The molecule has 0 bridgehead atoms. The zero-order chi connectivity index (χ0) is 27.3. The Morgan fingerprint density at radius 3 is 2.18 bits per heavy atom. The molecule has 0 amide bonds. The predicted molar refractivity (Wildman–Crippen MR) is 138 cm³/mol. The highest BCUT2D eigenvalue weighted by Gasteiger charge is 2.40. The Morgan fingerprint density at radius 2 is 1.47 bits per heavy atom. The molecule has 8 nitrogen and oxygen atoms in total. The van der Waals surface area contributed by atoms with Gasteiger partial charge in [0.25, 0.3) is 0 Å². The zero-order valence-electron chi connectivity index (χ0n) is 20.9. The monoisotopic (exact) mass is 516 g/mol. The normalized spacial score (nSPS) is 22.8. The Labute approximate surface area is 219 Å². The molecule has 1 aliphatic heterocycles. The number of carbonyl (C=O) groups excluding carboxylic acids is 2. The molecule has 4 atom stereocenters. The summed E-state index contributed by atoms with van der Waals surface area (Å²) in [5, 5.41) is 51.8. The van der Waals surface area contributed by atoms with Crippen LogP contribution >= 0.6 is 0 Å². The number of phenols is 5. The van der Waals surface area contributed by atoms with Gasteiger partial charge >= 0.3 is 0 Å². The summed E-state index contributed by atoms with van der Waals surface area (Å²) < 4.78 is 5.98. The highest BCUT2D eigenvalue weighted by molar-refractivity contribution is 6.00. The molecule has 0 fully saturated rings. The first kappa shape index (κ1) is 25.2. The molecule has 0 saturated carbocycles. The van der Waals surface area contributed by atoms with Gasteiger partial charge in [-0.05, 0) is 50.1 Å². The van der Waals surface area contributed by atoms with Gasteiger partial charge in [-0.15, -0.1) is 0 Å². The number of benzene rings is 3. The predicted octanol–water partition coefficient (Wildman–Crippen LogP) is 5.34. The highest BCUT2D eigenvalue weighted by Crippen LogP contribution is 2.51. The lowest BCUT2D eigenvalue weighted by atomic mass is 9.66. The quantitative estimate of drug-likeness (QED) is 0.292. The van der Waals surface area contributed by atoms with Crippen molar-refractivity contribution in [1.82, 2.24) is 0 Å². The van der Waals surface area contributed by atoms with E-state index in [1.165, 1.54) is 43.3 Å². The summed E-state index contributed by atoms with van der Waals surface area (Å²) in [4.78, 5) is 25.8. The zero-order valence-corrected chi connectivity index (χ0v) is 20.9. The van der Waals surface area contributed by atoms with E-state index in [1.54, 1.807) is 12.1 Å². The molecule has 5 rings (SSSR count). The second-order valence-corrected chi connectivity index (χ2v) is 10.1. The SMILES string of the molecule is CC(=O)C1C(c2cc(C3CC(=O)c4ccc(O)cc4O3)c(O)cc2O)C=C(C)CC1c1ccc(O)cc1O. The van der Waals surface area contributed by atoms with E-state index in [0.29, 0.717) is 23.1 Å². The van der Waals surface area contributed by atoms with Crippen LogP contribution in [0, 0.1) is 5.92 Å². The molecule has 1 heterocycles. The number of rotatable bonds is 4. The summed E-state index contributed by atoms with van der Waals surface area (Å²) in [6, 6.07) is 11.2. The smallest absolute Gasteiger partial charge is 0.170 e. The molecule has 0 radical (unpaired) electrons. The third kappa shape index (κ3) is 4.42. The number of carbonyl (C=O) groups is 2. The molecule has 4 unspecified atom stereocenters. The van der Waals surface area contributed by atoms with E-state index in [2.05, 4.69) is 0 Å². The van der Waals surface area contributed by atoms with Crippen molar-refractivity contribution in [3.8, 4) is 34.5 Å². The average Bonchev–Trinajstić information content (AvgIpc) is 2.83. The van der Waals surface area contributed by atoms with Crippen molar-refractivity contribution >= 4 is 11.6 Å². The van der Waals surface area contributed by atoms with Crippen LogP contribution in [0.25, 0.3) is 0 Å². The van der Waals surface area contributed by atoms with Crippen molar-refractivity contribution < 1.29 is 39.9 Å². The van der Waals surface area contributed by atoms with Gasteiger partial charge in [0.2, 0.25) is 0 Å². The summed E-state index contributed by atoms with van der Waals surface area (Å²) in [5.41, 5.74) is 2.42.